The number of pyridine rings is 1. The average molecular weight is 408 g/mol. The van der Waals surface area contributed by atoms with Gasteiger partial charge in [-0.05, 0) is 55.7 Å². The minimum absolute atomic E-state index is 0.118. The van der Waals surface area contributed by atoms with Crippen LogP contribution in [0.3, 0.4) is 0 Å². The second-order valence-corrected chi connectivity index (χ2v) is 7.33. The molecule has 1 aliphatic rings. The first-order valence-corrected chi connectivity index (χ1v) is 10.4. The van der Waals surface area contributed by atoms with Crippen LogP contribution in [0.2, 0.25) is 0 Å². The van der Waals surface area contributed by atoms with E-state index in [9.17, 15) is 9.59 Å². The number of likely N-dealkylation sites (tertiary alicyclic amines) is 1. The van der Waals surface area contributed by atoms with Gasteiger partial charge in [0.2, 0.25) is 0 Å². The van der Waals surface area contributed by atoms with E-state index in [4.69, 9.17) is 9.47 Å². The Balaban J connectivity index is 1.46. The van der Waals surface area contributed by atoms with Crippen LogP contribution in [0.5, 0.6) is 5.75 Å². The van der Waals surface area contributed by atoms with Gasteiger partial charge in [-0.3, -0.25) is 9.78 Å². The van der Waals surface area contributed by atoms with Crippen LogP contribution in [-0.2, 0) is 20.9 Å². The third kappa shape index (κ3) is 6.72. The molecule has 0 bridgehead atoms. The molecule has 1 aromatic carbocycles. The van der Waals surface area contributed by atoms with Crippen molar-refractivity contribution in [1.82, 2.24) is 9.88 Å². The minimum Gasteiger partial charge on any atom is -0.487 e. The number of amides is 1. The number of ether oxygens (including phenoxy) is 2. The molecule has 1 aromatic heterocycles. The number of carbonyl (C=O) groups is 2. The molecule has 3 rings (SSSR count). The predicted molar refractivity (Wildman–Crippen MR) is 115 cm³/mol. The summed E-state index contributed by atoms with van der Waals surface area (Å²) in [6.45, 7) is 3.51. The number of nitrogens with zero attached hydrogens (tertiary/aromatic N) is 2. The van der Waals surface area contributed by atoms with Crippen LogP contribution < -0.4 is 4.74 Å². The van der Waals surface area contributed by atoms with E-state index in [-0.39, 0.29) is 5.91 Å². The maximum absolute atomic E-state index is 12.5. The smallest absolute Gasteiger partial charge is 0.331 e. The Labute approximate surface area is 177 Å². The summed E-state index contributed by atoms with van der Waals surface area (Å²) in [5.74, 6) is 0.0752. The molecule has 2 aromatic rings. The van der Waals surface area contributed by atoms with E-state index in [1.807, 2.05) is 42.5 Å². The molecule has 158 valence electrons. The fraction of sp³-hybridized carbons (Fsp3) is 0.375. The third-order valence-electron chi connectivity index (χ3n) is 4.96. The summed E-state index contributed by atoms with van der Waals surface area (Å²) in [6.07, 6.45) is 8.27. The zero-order valence-corrected chi connectivity index (χ0v) is 17.3. The highest BCUT2D eigenvalue weighted by Crippen LogP contribution is 2.15. The van der Waals surface area contributed by atoms with Crippen LogP contribution in [0.1, 0.15) is 43.9 Å². The maximum Gasteiger partial charge on any atom is 0.331 e. The molecular formula is C24H28N2O4. The molecule has 1 unspecified atom stereocenters. The van der Waals surface area contributed by atoms with Gasteiger partial charge in [-0.25, -0.2) is 4.79 Å². The van der Waals surface area contributed by atoms with Crippen LogP contribution in [0.4, 0.5) is 0 Å². The van der Waals surface area contributed by atoms with Crippen molar-refractivity contribution in [3.8, 4) is 5.75 Å². The minimum atomic E-state index is -0.775. The second-order valence-electron chi connectivity index (χ2n) is 7.33. The number of hydrogen-bond donors (Lipinski definition) is 0. The largest absolute Gasteiger partial charge is 0.487 e. The van der Waals surface area contributed by atoms with Crippen LogP contribution >= 0.6 is 0 Å². The highest BCUT2D eigenvalue weighted by atomic mass is 16.5. The van der Waals surface area contributed by atoms with E-state index in [0.717, 1.165) is 55.8 Å². The van der Waals surface area contributed by atoms with Crippen molar-refractivity contribution in [1.29, 1.82) is 0 Å². The van der Waals surface area contributed by atoms with E-state index in [0.29, 0.717) is 6.61 Å². The molecule has 0 radical (unpaired) electrons. The molecule has 0 saturated carbocycles. The Bertz CT molecular complexity index is 841. The van der Waals surface area contributed by atoms with Crippen molar-refractivity contribution in [2.75, 3.05) is 13.1 Å². The van der Waals surface area contributed by atoms with Crippen LogP contribution in [0.25, 0.3) is 6.08 Å². The summed E-state index contributed by atoms with van der Waals surface area (Å²) < 4.78 is 11.0. The Morgan fingerprint density at radius 1 is 1.07 bits per heavy atom. The van der Waals surface area contributed by atoms with Crippen LogP contribution in [0.15, 0.2) is 54.7 Å². The third-order valence-corrected chi connectivity index (χ3v) is 4.96. The summed E-state index contributed by atoms with van der Waals surface area (Å²) in [6, 6.07) is 13.1. The first-order valence-electron chi connectivity index (χ1n) is 10.4. The number of rotatable bonds is 7. The van der Waals surface area contributed by atoms with E-state index in [1.54, 1.807) is 24.1 Å². The van der Waals surface area contributed by atoms with E-state index < -0.39 is 12.1 Å². The lowest BCUT2D eigenvalue weighted by Gasteiger charge is -2.23. The van der Waals surface area contributed by atoms with Gasteiger partial charge in [-0.1, -0.05) is 31.0 Å². The molecule has 0 spiro atoms. The molecule has 1 atom stereocenters. The maximum atomic E-state index is 12.5. The first-order chi connectivity index (χ1) is 14.6. The lowest BCUT2D eigenvalue weighted by Crippen LogP contribution is -2.40. The van der Waals surface area contributed by atoms with Crippen molar-refractivity contribution < 1.29 is 19.1 Å². The standard InChI is InChI=1S/C24H28N2O4/c1-19(24(28)26-16-6-2-3-7-17-26)30-23(27)14-11-20-9-12-22(13-10-20)29-18-21-8-4-5-15-25-21/h4-5,8-15,19H,2-3,6-7,16-18H2,1H3/b14-11+. The lowest BCUT2D eigenvalue weighted by molar-refractivity contribution is -0.155. The number of esters is 1. The molecule has 30 heavy (non-hydrogen) atoms. The summed E-state index contributed by atoms with van der Waals surface area (Å²) in [7, 11) is 0. The van der Waals surface area contributed by atoms with Crippen molar-refractivity contribution in [3.63, 3.8) is 0 Å². The number of hydrogen-bond acceptors (Lipinski definition) is 5. The van der Waals surface area contributed by atoms with Crippen molar-refractivity contribution in [2.24, 2.45) is 0 Å². The van der Waals surface area contributed by atoms with Gasteiger partial charge in [0, 0.05) is 25.4 Å². The SMILES string of the molecule is CC(OC(=O)/C=C/c1ccc(OCc2ccccn2)cc1)C(=O)N1CCCCCC1. The molecule has 0 N–H and O–H groups in total. The van der Waals surface area contributed by atoms with Gasteiger partial charge in [0.25, 0.3) is 5.91 Å². The molecule has 2 heterocycles. The zero-order chi connectivity index (χ0) is 21.2. The lowest BCUT2D eigenvalue weighted by atomic mass is 10.2. The Morgan fingerprint density at radius 3 is 2.47 bits per heavy atom. The molecular weight excluding hydrogens is 380 g/mol. The van der Waals surface area contributed by atoms with E-state index in [1.165, 1.54) is 6.08 Å². The summed E-state index contributed by atoms with van der Waals surface area (Å²) in [5.41, 5.74) is 1.69. The molecule has 1 fully saturated rings. The normalized spacial score (nSPS) is 15.4. The number of benzene rings is 1. The fourth-order valence-electron chi connectivity index (χ4n) is 3.29. The van der Waals surface area contributed by atoms with Gasteiger partial charge in [-0.15, -0.1) is 0 Å². The van der Waals surface area contributed by atoms with Crippen molar-refractivity contribution >= 4 is 18.0 Å². The van der Waals surface area contributed by atoms with E-state index >= 15 is 0 Å². The molecule has 1 saturated heterocycles. The Morgan fingerprint density at radius 2 is 1.80 bits per heavy atom. The zero-order valence-electron chi connectivity index (χ0n) is 17.3. The van der Waals surface area contributed by atoms with Crippen LogP contribution in [-0.4, -0.2) is 41.0 Å². The van der Waals surface area contributed by atoms with Gasteiger partial charge < -0.3 is 14.4 Å². The summed E-state index contributed by atoms with van der Waals surface area (Å²) in [4.78, 5) is 30.6. The van der Waals surface area contributed by atoms with Crippen molar-refractivity contribution in [2.45, 2.75) is 45.3 Å². The van der Waals surface area contributed by atoms with Gasteiger partial charge in [0.1, 0.15) is 12.4 Å². The number of carbonyl (C=O) groups excluding carboxylic acids is 2. The quantitative estimate of drug-likeness (QED) is 0.511. The topological polar surface area (TPSA) is 68.7 Å². The highest BCUT2D eigenvalue weighted by molar-refractivity contribution is 5.90. The van der Waals surface area contributed by atoms with Gasteiger partial charge in [0.05, 0.1) is 5.69 Å². The first kappa shape index (κ1) is 21.6. The molecule has 1 aliphatic heterocycles. The Kier molecular flexibility index (Phi) is 8.01. The summed E-state index contributed by atoms with van der Waals surface area (Å²) in [5, 5.41) is 0. The molecule has 0 aliphatic carbocycles. The molecule has 1 amide bonds. The van der Waals surface area contributed by atoms with E-state index in [2.05, 4.69) is 4.98 Å². The molecule has 6 heteroatoms. The second kappa shape index (κ2) is 11.1. The highest BCUT2D eigenvalue weighted by Gasteiger charge is 2.23. The van der Waals surface area contributed by atoms with Crippen LogP contribution in [0, 0.1) is 0 Å². The monoisotopic (exact) mass is 408 g/mol. The summed E-state index contributed by atoms with van der Waals surface area (Å²) >= 11 is 0. The number of aromatic nitrogens is 1. The Hall–Kier alpha value is -3.15. The van der Waals surface area contributed by atoms with Gasteiger partial charge in [0.15, 0.2) is 6.10 Å². The predicted octanol–water partition coefficient (Wildman–Crippen LogP) is 4.01. The fourth-order valence-corrected chi connectivity index (χ4v) is 3.29. The van der Waals surface area contributed by atoms with Gasteiger partial charge in [-0.2, -0.15) is 0 Å². The average Bonchev–Trinajstić information content (AvgIpc) is 3.07. The van der Waals surface area contributed by atoms with Gasteiger partial charge >= 0.3 is 5.97 Å². The van der Waals surface area contributed by atoms with Crippen molar-refractivity contribution in [3.05, 3.63) is 66.0 Å². The molecule has 6 nitrogen and oxygen atoms in total.